The number of carbonyl (C=O) groups excluding carboxylic acids is 1. The van der Waals surface area contributed by atoms with E-state index in [4.69, 9.17) is 21.4 Å². The van der Waals surface area contributed by atoms with Crippen LogP contribution in [0.3, 0.4) is 0 Å². The van der Waals surface area contributed by atoms with Crippen molar-refractivity contribution < 1.29 is 14.6 Å². The van der Waals surface area contributed by atoms with Gasteiger partial charge in [-0.3, -0.25) is 4.79 Å². The van der Waals surface area contributed by atoms with E-state index in [0.29, 0.717) is 11.8 Å². The van der Waals surface area contributed by atoms with Crippen LogP contribution < -0.4 is 0 Å². The number of ether oxygens (including phenoxy) is 1. The topological polar surface area (TPSA) is 46.5 Å². The molecule has 0 amide bonds. The standard InChI is InChI=1S/C17H27ClO3/c1-11(9-13(18)10-19)14-6-7-15-16(21-12(2)20)5-4-8-17(14,15)3/h6,11,13,15-16,19H,4-5,7-10H2,1-3H3. The quantitative estimate of drug-likeness (QED) is 0.478. The number of allylic oxidation sites excluding steroid dienone is 2. The summed E-state index contributed by atoms with van der Waals surface area (Å²) in [4.78, 5) is 11.3. The number of aliphatic hydroxyl groups excluding tert-OH is 1. The summed E-state index contributed by atoms with van der Waals surface area (Å²) in [5.74, 6) is 0.591. The zero-order valence-electron chi connectivity index (χ0n) is 13.3. The maximum Gasteiger partial charge on any atom is 0.302 e. The van der Waals surface area contributed by atoms with Crippen LogP contribution in [0.1, 0.15) is 52.9 Å². The van der Waals surface area contributed by atoms with Crippen LogP contribution in [-0.2, 0) is 9.53 Å². The number of fused-ring (bicyclic) bond motifs is 1. The Labute approximate surface area is 132 Å². The van der Waals surface area contributed by atoms with Crippen molar-refractivity contribution in [2.75, 3.05) is 6.61 Å². The molecule has 0 aliphatic heterocycles. The highest BCUT2D eigenvalue weighted by atomic mass is 35.5. The Morgan fingerprint density at radius 1 is 1.62 bits per heavy atom. The van der Waals surface area contributed by atoms with Gasteiger partial charge < -0.3 is 9.84 Å². The van der Waals surface area contributed by atoms with Gasteiger partial charge in [-0.15, -0.1) is 11.6 Å². The molecule has 1 saturated carbocycles. The summed E-state index contributed by atoms with van der Waals surface area (Å²) in [6.07, 6.45) is 7.39. The zero-order valence-corrected chi connectivity index (χ0v) is 14.0. The molecule has 0 heterocycles. The summed E-state index contributed by atoms with van der Waals surface area (Å²) in [6.45, 7) is 6.03. The van der Waals surface area contributed by atoms with E-state index in [0.717, 1.165) is 32.1 Å². The molecule has 5 unspecified atom stereocenters. The highest BCUT2D eigenvalue weighted by Gasteiger charge is 2.49. The minimum absolute atomic E-state index is 0.0232. The number of carbonyl (C=O) groups is 1. The molecule has 0 aromatic rings. The molecule has 4 heteroatoms. The highest BCUT2D eigenvalue weighted by molar-refractivity contribution is 6.20. The summed E-state index contributed by atoms with van der Waals surface area (Å²) in [6, 6.07) is 0. The Bertz CT molecular complexity index is 420. The Hall–Kier alpha value is -0.540. The Balaban J connectivity index is 2.11. The van der Waals surface area contributed by atoms with Gasteiger partial charge in [0, 0.05) is 12.8 Å². The van der Waals surface area contributed by atoms with Crippen LogP contribution in [0.5, 0.6) is 0 Å². The monoisotopic (exact) mass is 314 g/mol. The second-order valence-electron chi connectivity index (χ2n) is 6.88. The van der Waals surface area contributed by atoms with Crippen molar-refractivity contribution in [1.82, 2.24) is 0 Å². The lowest BCUT2D eigenvalue weighted by molar-refractivity contribution is -0.153. The summed E-state index contributed by atoms with van der Waals surface area (Å²) in [5.41, 5.74) is 1.56. The summed E-state index contributed by atoms with van der Waals surface area (Å²) < 4.78 is 5.56. The fourth-order valence-electron chi connectivity index (χ4n) is 4.43. The average Bonchev–Trinajstić information content (AvgIpc) is 2.76. The minimum Gasteiger partial charge on any atom is -0.462 e. The van der Waals surface area contributed by atoms with Gasteiger partial charge in [-0.25, -0.2) is 0 Å². The van der Waals surface area contributed by atoms with Crippen molar-refractivity contribution in [2.45, 2.75) is 64.4 Å². The maximum absolute atomic E-state index is 11.3. The first-order chi connectivity index (χ1) is 9.88. The third kappa shape index (κ3) is 3.45. The van der Waals surface area contributed by atoms with Gasteiger partial charge in [-0.1, -0.05) is 25.5 Å². The van der Waals surface area contributed by atoms with Crippen molar-refractivity contribution in [3.63, 3.8) is 0 Å². The van der Waals surface area contributed by atoms with E-state index in [9.17, 15) is 4.79 Å². The van der Waals surface area contributed by atoms with Crippen molar-refractivity contribution in [2.24, 2.45) is 17.3 Å². The molecule has 0 saturated heterocycles. The van der Waals surface area contributed by atoms with Crippen molar-refractivity contribution in [3.8, 4) is 0 Å². The van der Waals surface area contributed by atoms with Crippen LogP contribution in [0.2, 0.25) is 0 Å². The largest absolute Gasteiger partial charge is 0.462 e. The number of alkyl halides is 1. The average molecular weight is 315 g/mol. The smallest absolute Gasteiger partial charge is 0.302 e. The number of rotatable bonds is 5. The van der Waals surface area contributed by atoms with Crippen LogP contribution in [0.4, 0.5) is 0 Å². The fourth-order valence-corrected chi connectivity index (χ4v) is 4.70. The molecular weight excluding hydrogens is 288 g/mol. The van der Waals surface area contributed by atoms with Gasteiger partial charge in [0.25, 0.3) is 0 Å². The molecule has 120 valence electrons. The van der Waals surface area contributed by atoms with E-state index in [2.05, 4.69) is 19.9 Å². The molecule has 0 spiro atoms. The first kappa shape index (κ1) is 16.8. The summed E-state index contributed by atoms with van der Waals surface area (Å²) in [5, 5.41) is 8.97. The van der Waals surface area contributed by atoms with Crippen molar-refractivity contribution >= 4 is 17.6 Å². The van der Waals surface area contributed by atoms with Crippen LogP contribution in [-0.4, -0.2) is 29.2 Å². The lowest BCUT2D eigenvalue weighted by atomic mass is 9.63. The number of aliphatic hydroxyl groups is 1. The van der Waals surface area contributed by atoms with E-state index in [1.165, 1.54) is 12.5 Å². The summed E-state index contributed by atoms with van der Waals surface area (Å²) >= 11 is 6.11. The van der Waals surface area contributed by atoms with E-state index < -0.39 is 0 Å². The van der Waals surface area contributed by atoms with Gasteiger partial charge in [-0.05, 0) is 43.4 Å². The number of halogens is 1. The van der Waals surface area contributed by atoms with Crippen LogP contribution in [0, 0.1) is 17.3 Å². The lowest BCUT2D eigenvalue weighted by Crippen LogP contribution is -2.41. The minimum atomic E-state index is -0.184. The lowest BCUT2D eigenvalue weighted by Gasteiger charge is -2.44. The molecule has 2 aliphatic rings. The van der Waals surface area contributed by atoms with Gasteiger partial charge in [-0.2, -0.15) is 0 Å². The molecule has 3 nitrogen and oxygen atoms in total. The molecule has 2 aliphatic carbocycles. The molecular formula is C17H27ClO3. The molecule has 5 atom stereocenters. The second kappa shape index (κ2) is 6.70. The Morgan fingerprint density at radius 3 is 2.95 bits per heavy atom. The van der Waals surface area contributed by atoms with Gasteiger partial charge in [0.2, 0.25) is 0 Å². The van der Waals surface area contributed by atoms with Gasteiger partial charge in [0.05, 0.1) is 12.0 Å². The van der Waals surface area contributed by atoms with E-state index >= 15 is 0 Å². The molecule has 2 rings (SSSR count). The van der Waals surface area contributed by atoms with Crippen LogP contribution in [0.25, 0.3) is 0 Å². The van der Waals surface area contributed by atoms with Gasteiger partial charge in [0.1, 0.15) is 6.10 Å². The summed E-state index contributed by atoms with van der Waals surface area (Å²) in [7, 11) is 0. The number of hydrogen-bond donors (Lipinski definition) is 1. The predicted octanol–water partition coefficient (Wildman–Crippen LogP) is 3.68. The third-order valence-corrected chi connectivity index (χ3v) is 5.67. The number of esters is 1. The predicted molar refractivity (Wildman–Crippen MR) is 84.2 cm³/mol. The van der Waals surface area contributed by atoms with Crippen molar-refractivity contribution in [1.29, 1.82) is 0 Å². The maximum atomic E-state index is 11.3. The van der Waals surface area contributed by atoms with E-state index in [-0.39, 0.29) is 29.5 Å². The number of hydrogen-bond acceptors (Lipinski definition) is 3. The van der Waals surface area contributed by atoms with Crippen LogP contribution >= 0.6 is 11.6 Å². The third-order valence-electron chi connectivity index (χ3n) is 5.36. The van der Waals surface area contributed by atoms with E-state index in [1.807, 2.05) is 0 Å². The molecule has 0 bridgehead atoms. The Kier molecular flexibility index (Phi) is 5.37. The van der Waals surface area contributed by atoms with Gasteiger partial charge >= 0.3 is 5.97 Å². The molecule has 0 aromatic carbocycles. The first-order valence-electron chi connectivity index (χ1n) is 8.01. The highest BCUT2D eigenvalue weighted by Crippen LogP contribution is 2.55. The SMILES string of the molecule is CC(=O)OC1CCCC2(C)C(C(C)CC(Cl)CO)=CCC12. The van der Waals surface area contributed by atoms with E-state index in [1.54, 1.807) is 0 Å². The molecule has 0 aromatic heterocycles. The molecule has 0 radical (unpaired) electrons. The normalized spacial score (nSPS) is 34.8. The zero-order chi connectivity index (χ0) is 15.6. The molecule has 21 heavy (non-hydrogen) atoms. The fraction of sp³-hybridized carbons (Fsp3) is 0.824. The van der Waals surface area contributed by atoms with Crippen LogP contribution in [0.15, 0.2) is 11.6 Å². The molecule has 1 fully saturated rings. The Morgan fingerprint density at radius 2 is 2.33 bits per heavy atom. The van der Waals surface area contributed by atoms with Crippen molar-refractivity contribution in [3.05, 3.63) is 11.6 Å². The van der Waals surface area contributed by atoms with Gasteiger partial charge in [0.15, 0.2) is 0 Å². The second-order valence-corrected chi connectivity index (χ2v) is 7.49. The first-order valence-corrected chi connectivity index (χ1v) is 8.44. The molecule has 1 N–H and O–H groups in total.